The summed E-state index contributed by atoms with van der Waals surface area (Å²) in [5.74, 6) is -3.33. The number of amides is 2. The Kier molecular flexibility index (Phi) is 6.37. The van der Waals surface area contributed by atoms with Crippen LogP contribution in [0.25, 0.3) is 16.5 Å². The Labute approximate surface area is 257 Å². The average molecular weight is 596 g/mol. The Bertz CT molecular complexity index is 1670. The van der Waals surface area contributed by atoms with Crippen molar-refractivity contribution in [3.05, 3.63) is 77.5 Å². The fourth-order valence-electron chi connectivity index (χ4n) is 8.65. The molecule has 0 spiro atoms. The second-order valence-corrected chi connectivity index (χ2v) is 13.7. The number of likely N-dealkylation sites (N-methyl/N-ethyl adjacent to an activating group) is 1. The van der Waals surface area contributed by atoms with Gasteiger partial charge in [-0.2, -0.15) is 0 Å². The first kappa shape index (κ1) is 28.0. The third kappa shape index (κ3) is 3.99. The molecule has 1 aliphatic carbocycles. The molecule has 2 aromatic carbocycles. The van der Waals surface area contributed by atoms with E-state index in [2.05, 4.69) is 69.8 Å². The summed E-state index contributed by atoms with van der Waals surface area (Å²) < 4.78 is 6.59. The molecule has 5 aliphatic rings. The molecule has 8 rings (SSSR count). The molecule has 3 aromatic rings. The molecule has 0 unspecified atom stereocenters. The summed E-state index contributed by atoms with van der Waals surface area (Å²) >= 11 is 0. The maximum Gasteiger partial charge on any atom is 0.280 e. The summed E-state index contributed by atoms with van der Waals surface area (Å²) in [7, 11) is 2.07. The molecule has 44 heavy (non-hydrogen) atoms. The highest BCUT2D eigenvalue weighted by Gasteiger charge is 2.70. The second-order valence-electron chi connectivity index (χ2n) is 13.7. The van der Waals surface area contributed by atoms with Gasteiger partial charge in [-0.05, 0) is 67.6 Å². The van der Waals surface area contributed by atoms with Crippen LogP contribution in [0.5, 0.6) is 0 Å². The van der Waals surface area contributed by atoms with Gasteiger partial charge in [0.2, 0.25) is 11.6 Å². The lowest BCUT2D eigenvalue weighted by atomic mass is 9.79. The van der Waals surface area contributed by atoms with E-state index in [1.54, 1.807) is 4.90 Å². The number of piperazine rings is 1. The van der Waals surface area contributed by atoms with Crippen LogP contribution >= 0.6 is 0 Å². The number of ether oxygens (including phenoxy) is 1. The van der Waals surface area contributed by atoms with E-state index >= 15 is 0 Å². The quantitative estimate of drug-likeness (QED) is 0.419. The third-order valence-electron chi connectivity index (χ3n) is 10.8. The van der Waals surface area contributed by atoms with Gasteiger partial charge in [-0.15, -0.1) is 0 Å². The van der Waals surface area contributed by atoms with Crippen molar-refractivity contribution in [3.8, 4) is 0 Å². The molecule has 2 amide bonds. The molecule has 5 heterocycles. The number of aliphatic hydroxyl groups is 1. The van der Waals surface area contributed by atoms with E-state index in [0.717, 1.165) is 48.0 Å². The molecule has 9 nitrogen and oxygen atoms in total. The van der Waals surface area contributed by atoms with Gasteiger partial charge in [0.05, 0.1) is 18.0 Å². The minimum atomic E-state index is -1.82. The van der Waals surface area contributed by atoms with Crippen molar-refractivity contribution in [2.75, 3.05) is 26.7 Å². The highest BCUT2D eigenvalue weighted by Crippen LogP contribution is 2.48. The van der Waals surface area contributed by atoms with Crippen LogP contribution < -0.4 is 5.32 Å². The van der Waals surface area contributed by atoms with Gasteiger partial charge >= 0.3 is 0 Å². The summed E-state index contributed by atoms with van der Waals surface area (Å²) in [5, 5.41) is 16.7. The van der Waals surface area contributed by atoms with Gasteiger partial charge in [-0.25, -0.2) is 0 Å². The van der Waals surface area contributed by atoms with E-state index < -0.39 is 23.5 Å². The fourth-order valence-corrected chi connectivity index (χ4v) is 8.65. The number of H-pyrrole nitrogens is 1. The number of carbonyl (C=O) groups excluding carboxylic acids is 2. The molecule has 6 atom stereocenters. The average Bonchev–Trinajstić information content (AvgIpc) is 3.71. The predicted molar refractivity (Wildman–Crippen MR) is 167 cm³/mol. The lowest BCUT2D eigenvalue weighted by molar-refractivity contribution is -0.328. The van der Waals surface area contributed by atoms with Gasteiger partial charge in [0.1, 0.15) is 0 Å². The highest BCUT2D eigenvalue weighted by molar-refractivity contribution is 6.00. The molecule has 0 radical (unpaired) electrons. The van der Waals surface area contributed by atoms with Gasteiger partial charge < -0.3 is 15.4 Å². The Morgan fingerprint density at radius 2 is 1.98 bits per heavy atom. The van der Waals surface area contributed by atoms with Gasteiger partial charge in [-0.1, -0.05) is 62.4 Å². The number of nitrogens with zero attached hydrogens (tertiary/aromatic N) is 3. The van der Waals surface area contributed by atoms with Gasteiger partial charge in [-0.3, -0.25) is 29.0 Å². The summed E-state index contributed by atoms with van der Waals surface area (Å²) in [5.41, 5.74) is 4.12. The van der Waals surface area contributed by atoms with E-state index in [-0.39, 0.29) is 29.9 Å². The predicted octanol–water partition coefficient (Wildman–Crippen LogP) is 3.10. The third-order valence-corrected chi connectivity index (χ3v) is 10.8. The number of fused-ring (bicyclic) bond motifs is 5. The topological polar surface area (TPSA) is 101 Å². The first-order chi connectivity index (χ1) is 21.2. The normalized spacial score (nSPS) is 33.3. The molecule has 3 fully saturated rings. The summed E-state index contributed by atoms with van der Waals surface area (Å²) in [4.78, 5) is 38.3. The van der Waals surface area contributed by atoms with Crippen LogP contribution in [-0.2, 0) is 27.2 Å². The number of benzene rings is 2. The van der Waals surface area contributed by atoms with Crippen LogP contribution in [0.1, 0.15) is 43.4 Å². The monoisotopic (exact) mass is 595 g/mol. The van der Waals surface area contributed by atoms with Crippen molar-refractivity contribution in [1.82, 2.24) is 25.0 Å². The van der Waals surface area contributed by atoms with Crippen LogP contribution in [0.15, 0.2) is 60.8 Å². The first-order valence-corrected chi connectivity index (χ1v) is 16.1. The fraction of sp³-hybridized carbons (Fsp3) is 0.486. The summed E-state index contributed by atoms with van der Waals surface area (Å²) in [6.45, 7) is 5.81. The number of nitrogens with one attached hydrogen (secondary N) is 2. The SMILES string of the molecule is CC(C)[C@@]1(NC(=O)[C@@H]2C=C3c4cccc5[nH]cc(c45)C[C@H]3N(C)C2)O[C@@]2(O)[C@@H]3CCCN3C[C@H](Cc3ccccc3)N2C1=O. The largest absolute Gasteiger partial charge is 0.361 e. The van der Waals surface area contributed by atoms with E-state index in [4.69, 9.17) is 4.74 Å². The zero-order chi connectivity index (χ0) is 30.4. The molecule has 0 saturated carbocycles. The number of aromatic amines is 1. The van der Waals surface area contributed by atoms with Gasteiger partial charge in [0.25, 0.3) is 11.8 Å². The number of hydrogen-bond acceptors (Lipinski definition) is 6. The minimum Gasteiger partial charge on any atom is -0.361 e. The van der Waals surface area contributed by atoms with Crippen molar-refractivity contribution >= 4 is 28.3 Å². The number of aromatic nitrogens is 1. The van der Waals surface area contributed by atoms with E-state index in [0.29, 0.717) is 19.5 Å². The molecular formula is C35H41N5O4. The molecule has 3 saturated heterocycles. The van der Waals surface area contributed by atoms with Gasteiger partial charge in [0.15, 0.2) is 0 Å². The van der Waals surface area contributed by atoms with Crippen LogP contribution in [0, 0.1) is 11.8 Å². The number of hydrogen-bond donors (Lipinski definition) is 3. The molecule has 3 N–H and O–H groups in total. The molecular weight excluding hydrogens is 554 g/mol. The number of rotatable bonds is 5. The van der Waals surface area contributed by atoms with E-state index in [9.17, 15) is 14.7 Å². The smallest absolute Gasteiger partial charge is 0.280 e. The number of carbonyl (C=O) groups is 2. The maximum atomic E-state index is 14.6. The van der Waals surface area contributed by atoms with Crippen LogP contribution in [0.4, 0.5) is 0 Å². The minimum absolute atomic E-state index is 0.179. The van der Waals surface area contributed by atoms with E-state index in [1.165, 1.54) is 10.9 Å². The molecule has 230 valence electrons. The molecule has 9 heteroatoms. The zero-order valence-electron chi connectivity index (χ0n) is 25.6. The van der Waals surface area contributed by atoms with Crippen LogP contribution in [0.3, 0.4) is 0 Å². The highest BCUT2D eigenvalue weighted by atomic mass is 16.7. The maximum absolute atomic E-state index is 14.6. The molecule has 1 aromatic heterocycles. The standard InChI is InChI=1S/C35H41N5O4/c1-21(2)34(33(42)40-25(15-22-9-5-4-6-10-22)20-39-14-8-13-30(39)35(40,43)44-34)37-32(41)24-16-27-26-11-7-12-28-31(26)23(18-36-28)17-29(27)38(3)19-24/h4-7,9-12,16,18,21,24-25,29-30,36,43H,8,13-15,17,19-20H2,1-3H3,(H,37,41)/t24-,25+,29-,30+,34-,35+/m1/s1. The Balaban J connectivity index is 1.13. The first-order valence-electron chi connectivity index (χ1n) is 16.1. The summed E-state index contributed by atoms with van der Waals surface area (Å²) in [6, 6.07) is 15.9. The summed E-state index contributed by atoms with van der Waals surface area (Å²) in [6.07, 6.45) is 7.33. The van der Waals surface area contributed by atoms with Crippen LogP contribution in [-0.4, -0.2) is 93.0 Å². The second kappa shape index (κ2) is 10.0. The van der Waals surface area contributed by atoms with Crippen molar-refractivity contribution in [2.24, 2.45) is 11.8 Å². The zero-order valence-corrected chi connectivity index (χ0v) is 25.6. The Morgan fingerprint density at radius 3 is 2.77 bits per heavy atom. The molecule has 4 aliphatic heterocycles. The lowest BCUT2D eigenvalue weighted by Crippen LogP contribution is -2.69. The van der Waals surface area contributed by atoms with Crippen molar-refractivity contribution in [3.63, 3.8) is 0 Å². The Hall–Kier alpha value is -3.50. The van der Waals surface area contributed by atoms with E-state index in [1.807, 2.05) is 32.0 Å². The Morgan fingerprint density at radius 1 is 1.16 bits per heavy atom. The van der Waals surface area contributed by atoms with Crippen molar-refractivity contribution in [1.29, 1.82) is 0 Å². The van der Waals surface area contributed by atoms with Crippen molar-refractivity contribution in [2.45, 2.75) is 69.3 Å². The molecule has 0 bridgehead atoms. The van der Waals surface area contributed by atoms with Gasteiger partial charge in [0, 0.05) is 42.1 Å². The van der Waals surface area contributed by atoms with Crippen LogP contribution in [0.2, 0.25) is 0 Å². The van der Waals surface area contributed by atoms with Crippen molar-refractivity contribution < 1.29 is 19.4 Å². The lowest BCUT2D eigenvalue weighted by Gasteiger charge is -2.49.